The van der Waals surface area contributed by atoms with E-state index in [0.29, 0.717) is 13.0 Å². The first-order valence-corrected chi connectivity index (χ1v) is 10.2. The minimum atomic E-state index is -0.632. The zero-order valence-corrected chi connectivity index (χ0v) is 16.7. The Labute approximate surface area is 175 Å². The Bertz CT molecular complexity index is 986. The van der Waals surface area contributed by atoms with Gasteiger partial charge in [0.15, 0.2) is 0 Å². The zero-order valence-electron chi connectivity index (χ0n) is 16.7. The summed E-state index contributed by atoms with van der Waals surface area (Å²) in [6, 6.07) is 21.6. The summed E-state index contributed by atoms with van der Waals surface area (Å²) in [6.45, 7) is 1.54. The molecule has 6 heteroatoms. The highest BCUT2D eigenvalue weighted by atomic mass is 16.3. The van der Waals surface area contributed by atoms with Crippen LogP contribution >= 0.6 is 0 Å². The van der Waals surface area contributed by atoms with E-state index in [1.54, 1.807) is 6.26 Å². The fraction of sp³-hybridized carbons (Fsp3) is 0.250. The fourth-order valence-electron chi connectivity index (χ4n) is 3.85. The first kappa shape index (κ1) is 19.8. The summed E-state index contributed by atoms with van der Waals surface area (Å²) in [5.41, 5.74) is 3.53. The molecular formula is C24H25N3O3. The molecule has 0 saturated heterocycles. The van der Waals surface area contributed by atoms with Crippen LogP contribution in [0.25, 0.3) is 0 Å². The number of furan rings is 1. The standard InChI is InChI=1S/C24H25N3O3/c28-23(25-14-12-18-7-2-1-3-8-18)24(29)26-17-21(22-11-6-16-30-22)27-15-13-19-9-4-5-10-20(19)27/h1-11,16,21H,12-15,17H2,(H,25,28)(H,26,29)/t21-/m1/s1. The van der Waals surface area contributed by atoms with E-state index in [2.05, 4.69) is 27.7 Å². The monoisotopic (exact) mass is 403 g/mol. The summed E-state index contributed by atoms with van der Waals surface area (Å²) in [7, 11) is 0. The van der Waals surface area contributed by atoms with Gasteiger partial charge < -0.3 is 20.0 Å². The van der Waals surface area contributed by atoms with E-state index in [9.17, 15) is 9.59 Å². The summed E-state index contributed by atoms with van der Waals surface area (Å²) < 4.78 is 5.64. The van der Waals surface area contributed by atoms with Gasteiger partial charge in [-0.1, -0.05) is 48.5 Å². The third-order valence-corrected chi connectivity index (χ3v) is 5.38. The molecule has 3 aromatic rings. The molecule has 2 amide bonds. The van der Waals surface area contributed by atoms with Gasteiger partial charge in [-0.25, -0.2) is 0 Å². The molecule has 2 heterocycles. The van der Waals surface area contributed by atoms with Gasteiger partial charge in [-0.15, -0.1) is 0 Å². The molecule has 0 aliphatic carbocycles. The molecule has 0 spiro atoms. The van der Waals surface area contributed by atoms with Gasteiger partial charge in [0.2, 0.25) is 0 Å². The first-order valence-electron chi connectivity index (χ1n) is 10.2. The summed E-state index contributed by atoms with van der Waals surface area (Å²) in [5.74, 6) is -0.491. The lowest BCUT2D eigenvalue weighted by Crippen LogP contribution is -2.44. The zero-order chi connectivity index (χ0) is 20.8. The van der Waals surface area contributed by atoms with Crippen LogP contribution < -0.4 is 15.5 Å². The van der Waals surface area contributed by atoms with Gasteiger partial charge in [0.05, 0.1) is 6.26 Å². The van der Waals surface area contributed by atoms with Gasteiger partial charge in [0.25, 0.3) is 0 Å². The molecule has 0 fully saturated rings. The number of fused-ring (bicyclic) bond motifs is 1. The lowest BCUT2D eigenvalue weighted by Gasteiger charge is -2.29. The molecule has 2 N–H and O–H groups in total. The smallest absolute Gasteiger partial charge is 0.309 e. The Morgan fingerprint density at radius 3 is 2.50 bits per heavy atom. The lowest BCUT2D eigenvalue weighted by molar-refractivity contribution is -0.139. The van der Waals surface area contributed by atoms with Crippen molar-refractivity contribution in [2.24, 2.45) is 0 Å². The van der Waals surface area contributed by atoms with Crippen molar-refractivity contribution in [3.63, 3.8) is 0 Å². The molecule has 0 radical (unpaired) electrons. The van der Waals surface area contributed by atoms with Crippen molar-refractivity contribution >= 4 is 17.5 Å². The van der Waals surface area contributed by atoms with Crippen LogP contribution in [0.4, 0.5) is 5.69 Å². The quantitative estimate of drug-likeness (QED) is 0.595. The number of anilines is 1. The summed E-state index contributed by atoms with van der Waals surface area (Å²) in [4.78, 5) is 26.8. The largest absolute Gasteiger partial charge is 0.467 e. The molecule has 30 heavy (non-hydrogen) atoms. The normalized spacial score (nSPS) is 13.5. The highest BCUT2D eigenvalue weighted by molar-refractivity contribution is 6.35. The molecule has 1 aliphatic heterocycles. The maximum absolute atomic E-state index is 12.3. The van der Waals surface area contributed by atoms with E-state index < -0.39 is 11.8 Å². The van der Waals surface area contributed by atoms with Gasteiger partial charge in [0.1, 0.15) is 11.8 Å². The van der Waals surface area contributed by atoms with Crippen molar-refractivity contribution in [2.45, 2.75) is 18.9 Å². The Kier molecular flexibility index (Phi) is 6.13. The van der Waals surface area contributed by atoms with Crippen molar-refractivity contribution in [2.75, 3.05) is 24.5 Å². The van der Waals surface area contributed by atoms with E-state index >= 15 is 0 Å². The fourth-order valence-corrected chi connectivity index (χ4v) is 3.85. The second kappa shape index (κ2) is 9.31. The molecule has 154 valence electrons. The second-order valence-corrected chi connectivity index (χ2v) is 7.30. The third kappa shape index (κ3) is 4.54. The number of nitrogens with one attached hydrogen (secondary N) is 2. The molecule has 1 atom stereocenters. The number of carbonyl (C=O) groups excluding carboxylic acids is 2. The van der Waals surface area contributed by atoms with Gasteiger partial charge in [-0.2, -0.15) is 0 Å². The Balaban J connectivity index is 1.35. The molecule has 1 aromatic heterocycles. The molecule has 2 aromatic carbocycles. The van der Waals surface area contributed by atoms with Crippen LogP contribution in [0, 0.1) is 0 Å². The number of hydrogen-bond donors (Lipinski definition) is 2. The molecule has 6 nitrogen and oxygen atoms in total. The summed E-state index contributed by atoms with van der Waals surface area (Å²) in [6.07, 6.45) is 3.25. The van der Waals surface area contributed by atoms with Crippen LogP contribution in [0.2, 0.25) is 0 Å². The maximum Gasteiger partial charge on any atom is 0.309 e. The highest BCUT2D eigenvalue weighted by Crippen LogP contribution is 2.34. The Morgan fingerprint density at radius 1 is 0.933 bits per heavy atom. The molecule has 4 rings (SSSR count). The van der Waals surface area contributed by atoms with E-state index in [0.717, 1.165) is 30.0 Å². The maximum atomic E-state index is 12.3. The number of nitrogens with zero attached hydrogens (tertiary/aromatic N) is 1. The lowest BCUT2D eigenvalue weighted by atomic mass is 10.1. The van der Waals surface area contributed by atoms with E-state index in [-0.39, 0.29) is 12.6 Å². The molecule has 0 unspecified atom stereocenters. The average Bonchev–Trinajstić information content (AvgIpc) is 3.45. The van der Waals surface area contributed by atoms with Crippen molar-refractivity contribution in [3.05, 3.63) is 89.9 Å². The van der Waals surface area contributed by atoms with E-state index in [4.69, 9.17) is 4.42 Å². The predicted molar refractivity (Wildman–Crippen MR) is 115 cm³/mol. The van der Waals surface area contributed by atoms with E-state index in [1.807, 2.05) is 54.6 Å². The Morgan fingerprint density at radius 2 is 1.70 bits per heavy atom. The van der Waals surface area contributed by atoms with Gasteiger partial charge in [0, 0.05) is 25.3 Å². The topological polar surface area (TPSA) is 74.6 Å². The Hall–Kier alpha value is -3.54. The van der Waals surface area contributed by atoms with Gasteiger partial charge >= 0.3 is 11.8 Å². The van der Waals surface area contributed by atoms with Crippen LogP contribution in [-0.4, -0.2) is 31.4 Å². The van der Waals surface area contributed by atoms with Crippen LogP contribution in [0.3, 0.4) is 0 Å². The van der Waals surface area contributed by atoms with Crippen molar-refractivity contribution < 1.29 is 14.0 Å². The minimum Gasteiger partial charge on any atom is -0.467 e. The molecule has 1 aliphatic rings. The average molecular weight is 403 g/mol. The molecule has 0 bridgehead atoms. The van der Waals surface area contributed by atoms with Crippen molar-refractivity contribution in [1.29, 1.82) is 0 Å². The molecular weight excluding hydrogens is 378 g/mol. The second-order valence-electron chi connectivity index (χ2n) is 7.30. The van der Waals surface area contributed by atoms with Gasteiger partial charge in [-0.3, -0.25) is 9.59 Å². The third-order valence-electron chi connectivity index (χ3n) is 5.38. The van der Waals surface area contributed by atoms with E-state index in [1.165, 1.54) is 5.56 Å². The number of benzene rings is 2. The summed E-state index contributed by atoms with van der Waals surface area (Å²) in [5, 5.41) is 5.46. The number of hydrogen-bond acceptors (Lipinski definition) is 4. The SMILES string of the molecule is O=C(NCCc1ccccc1)C(=O)NC[C@H](c1ccco1)N1CCc2ccccc21. The van der Waals surface area contributed by atoms with Crippen LogP contribution in [-0.2, 0) is 22.4 Å². The molecule has 0 saturated carbocycles. The minimum absolute atomic E-state index is 0.176. The number of amides is 2. The van der Waals surface area contributed by atoms with Crippen molar-refractivity contribution in [1.82, 2.24) is 10.6 Å². The highest BCUT2D eigenvalue weighted by Gasteiger charge is 2.29. The van der Waals surface area contributed by atoms with Crippen LogP contribution in [0.1, 0.15) is 22.9 Å². The first-order chi connectivity index (χ1) is 14.7. The van der Waals surface area contributed by atoms with Gasteiger partial charge in [-0.05, 0) is 42.2 Å². The van der Waals surface area contributed by atoms with Crippen molar-refractivity contribution in [3.8, 4) is 0 Å². The van der Waals surface area contributed by atoms with Crippen LogP contribution in [0.15, 0.2) is 77.4 Å². The summed E-state index contributed by atoms with van der Waals surface area (Å²) >= 11 is 0. The predicted octanol–water partition coefficient (Wildman–Crippen LogP) is 2.86. The van der Waals surface area contributed by atoms with Crippen LogP contribution in [0.5, 0.6) is 0 Å². The number of carbonyl (C=O) groups is 2. The number of para-hydroxylation sites is 1. The number of rotatable bonds is 7.